The highest BCUT2D eigenvalue weighted by atomic mass is 32.2. The van der Waals surface area contributed by atoms with Crippen LogP contribution in [0, 0.1) is 19.8 Å². The van der Waals surface area contributed by atoms with Crippen molar-refractivity contribution in [2.75, 3.05) is 18.8 Å². The quantitative estimate of drug-likeness (QED) is 0.885. The molecular formula is C18H28N2O3S. The van der Waals surface area contributed by atoms with Gasteiger partial charge in [-0.05, 0) is 51.7 Å². The van der Waals surface area contributed by atoms with E-state index < -0.39 is 10.0 Å². The van der Waals surface area contributed by atoms with Crippen molar-refractivity contribution in [3.05, 3.63) is 34.9 Å². The Morgan fingerprint density at radius 3 is 2.71 bits per heavy atom. The largest absolute Gasteiger partial charge is 0.349 e. The van der Waals surface area contributed by atoms with Gasteiger partial charge >= 0.3 is 0 Å². The first-order valence-electron chi connectivity index (χ1n) is 8.60. The number of aryl methyl sites for hydroxylation is 2. The lowest BCUT2D eigenvalue weighted by atomic mass is 9.96. The summed E-state index contributed by atoms with van der Waals surface area (Å²) in [6.45, 7) is 8.51. The normalized spacial score (nSPS) is 20.6. The molecule has 0 aromatic heterocycles. The summed E-state index contributed by atoms with van der Waals surface area (Å²) in [5, 5.41) is 3.06. The van der Waals surface area contributed by atoms with E-state index in [0.29, 0.717) is 13.1 Å². The lowest BCUT2D eigenvalue weighted by molar-refractivity contribution is -0.126. The Bertz CT molecular complexity index is 700. The summed E-state index contributed by atoms with van der Waals surface area (Å²) >= 11 is 0. The molecule has 1 aromatic rings. The molecule has 1 amide bonds. The van der Waals surface area contributed by atoms with Crippen LogP contribution in [0.2, 0.25) is 0 Å². The van der Waals surface area contributed by atoms with Crippen molar-refractivity contribution in [2.45, 2.75) is 46.6 Å². The minimum atomic E-state index is -3.23. The number of carbonyl (C=O) groups is 1. The molecule has 134 valence electrons. The van der Waals surface area contributed by atoms with Crippen LogP contribution in [0.15, 0.2) is 18.2 Å². The van der Waals surface area contributed by atoms with E-state index in [1.54, 1.807) is 6.92 Å². The third-order valence-electron chi connectivity index (χ3n) is 4.76. The zero-order valence-electron chi connectivity index (χ0n) is 15.0. The van der Waals surface area contributed by atoms with Gasteiger partial charge in [0.1, 0.15) is 0 Å². The third kappa shape index (κ3) is 4.36. The zero-order chi connectivity index (χ0) is 17.9. The molecule has 1 N–H and O–H groups in total. The Kier molecular flexibility index (Phi) is 6.04. The predicted octanol–water partition coefficient (Wildman–Crippen LogP) is 2.54. The molecule has 1 saturated heterocycles. The number of benzene rings is 1. The van der Waals surface area contributed by atoms with E-state index in [1.807, 2.05) is 32.9 Å². The van der Waals surface area contributed by atoms with Crippen LogP contribution in [0.5, 0.6) is 0 Å². The Labute approximate surface area is 145 Å². The Morgan fingerprint density at radius 1 is 1.38 bits per heavy atom. The first-order valence-corrected chi connectivity index (χ1v) is 10.2. The van der Waals surface area contributed by atoms with Gasteiger partial charge in [-0.25, -0.2) is 12.7 Å². The molecular weight excluding hydrogens is 324 g/mol. The van der Waals surface area contributed by atoms with Crippen molar-refractivity contribution in [3.63, 3.8) is 0 Å². The highest BCUT2D eigenvalue weighted by Gasteiger charge is 2.31. The van der Waals surface area contributed by atoms with Gasteiger partial charge in [0.15, 0.2) is 0 Å². The van der Waals surface area contributed by atoms with Crippen molar-refractivity contribution in [3.8, 4) is 0 Å². The summed E-state index contributed by atoms with van der Waals surface area (Å²) in [5.41, 5.74) is 3.45. The summed E-state index contributed by atoms with van der Waals surface area (Å²) in [4.78, 5) is 12.6. The van der Waals surface area contributed by atoms with Crippen molar-refractivity contribution in [1.82, 2.24) is 9.62 Å². The highest BCUT2D eigenvalue weighted by Crippen LogP contribution is 2.23. The van der Waals surface area contributed by atoms with Gasteiger partial charge in [-0.2, -0.15) is 0 Å². The fraction of sp³-hybridized carbons (Fsp3) is 0.611. The number of hydrogen-bond donors (Lipinski definition) is 1. The lowest BCUT2D eigenvalue weighted by Crippen LogP contribution is -2.46. The fourth-order valence-electron chi connectivity index (χ4n) is 3.31. The van der Waals surface area contributed by atoms with E-state index in [0.717, 1.165) is 24.0 Å². The first-order chi connectivity index (χ1) is 11.2. The Balaban J connectivity index is 2.03. The van der Waals surface area contributed by atoms with Crippen molar-refractivity contribution in [2.24, 2.45) is 5.92 Å². The van der Waals surface area contributed by atoms with Crippen LogP contribution < -0.4 is 5.32 Å². The van der Waals surface area contributed by atoms with Gasteiger partial charge < -0.3 is 5.32 Å². The van der Waals surface area contributed by atoms with Crippen molar-refractivity contribution < 1.29 is 13.2 Å². The molecule has 1 aromatic carbocycles. The maximum atomic E-state index is 12.6. The second-order valence-corrected chi connectivity index (χ2v) is 8.95. The SMILES string of the molecule is CCS(=O)(=O)N1CCCC(C(=O)NC(C)c2ccc(C)cc2C)C1. The topological polar surface area (TPSA) is 66.5 Å². The summed E-state index contributed by atoms with van der Waals surface area (Å²) in [6, 6.07) is 6.11. The van der Waals surface area contributed by atoms with Gasteiger partial charge in [-0.1, -0.05) is 23.8 Å². The molecule has 5 nitrogen and oxygen atoms in total. The molecule has 1 aliphatic rings. The van der Waals surface area contributed by atoms with Crippen LogP contribution in [0.25, 0.3) is 0 Å². The molecule has 2 unspecified atom stereocenters. The maximum Gasteiger partial charge on any atom is 0.224 e. The second kappa shape index (κ2) is 7.66. The van der Waals surface area contributed by atoms with E-state index in [-0.39, 0.29) is 23.6 Å². The number of nitrogens with zero attached hydrogens (tertiary/aromatic N) is 1. The van der Waals surface area contributed by atoms with Crippen LogP contribution >= 0.6 is 0 Å². The van der Waals surface area contributed by atoms with Crippen LogP contribution in [0.3, 0.4) is 0 Å². The average Bonchev–Trinajstić information content (AvgIpc) is 2.54. The van der Waals surface area contributed by atoms with Gasteiger partial charge in [0.2, 0.25) is 15.9 Å². The molecule has 0 bridgehead atoms. The van der Waals surface area contributed by atoms with E-state index in [9.17, 15) is 13.2 Å². The van der Waals surface area contributed by atoms with Crippen LogP contribution in [0.1, 0.15) is 49.4 Å². The summed E-state index contributed by atoms with van der Waals surface area (Å²) in [7, 11) is -3.23. The number of carbonyl (C=O) groups excluding carboxylic acids is 1. The van der Waals surface area contributed by atoms with E-state index in [4.69, 9.17) is 0 Å². The first kappa shape index (κ1) is 18.9. The molecule has 0 aliphatic carbocycles. The van der Waals surface area contributed by atoms with Crippen LogP contribution in [-0.4, -0.2) is 37.5 Å². The van der Waals surface area contributed by atoms with Gasteiger partial charge in [0.25, 0.3) is 0 Å². The van der Waals surface area contributed by atoms with Crippen molar-refractivity contribution in [1.29, 1.82) is 0 Å². The van der Waals surface area contributed by atoms with Crippen molar-refractivity contribution >= 4 is 15.9 Å². The minimum Gasteiger partial charge on any atom is -0.349 e. The van der Waals surface area contributed by atoms with E-state index in [1.165, 1.54) is 9.87 Å². The van der Waals surface area contributed by atoms with Gasteiger partial charge in [-0.3, -0.25) is 4.79 Å². The molecule has 2 atom stereocenters. The smallest absolute Gasteiger partial charge is 0.224 e. The monoisotopic (exact) mass is 352 g/mol. The second-order valence-electron chi connectivity index (χ2n) is 6.69. The predicted molar refractivity (Wildman–Crippen MR) is 96.2 cm³/mol. The number of nitrogens with one attached hydrogen (secondary N) is 1. The van der Waals surface area contributed by atoms with Crippen LogP contribution in [-0.2, 0) is 14.8 Å². The minimum absolute atomic E-state index is 0.0570. The summed E-state index contributed by atoms with van der Waals surface area (Å²) < 4.78 is 25.5. The zero-order valence-corrected chi connectivity index (χ0v) is 15.8. The maximum absolute atomic E-state index is 12.6. The number of rotatable bonds is 5. The molecule has 0 saturated carbocycles. The number of amides is 1. The molecule has 2 rings (SSSR count). The van der Waals surface area contributed by atoms with Gasteiger partial charge in [0, 0.05) is 13.1 Å². The summed E-state index contributed by atoms with van der Waals surface area (Å²) in [5.74, 6) is -0.243. The lowest BCUT2D eigenvalue weighted by Gasteiger charge is -2.31. The van der Waals surface area contributed by atoms with Gasteiger partial charge in [0.05, 0.1) is 17.7 Å². The highest BCUT2D eigenvalue weighted by molar-refractivity contribution is 7.89. The Morgan fingerprint density at radius 2 is 2.08 bits per heavy atom. The van der Waals surface area contributed by atoms with Gasteiger partial charge in [-0.15, -0.1) is 0 Å². The number of hydrogen-bond acceptors (Lipinski definition) is 3. The molecule has 24 heavy (non-hydrogen) atoms. The fourth-order valence-corrected chi connectivity index (χ4v) is 4.49. The summed E-state index contributed by atoms with van der Waals surface area (Å²) in [6.07, 6.45) is 1.47. The average molecular weight is 353 g/mol. The molecule has 6 heteroatoms. The standard InChI is InChI=1S/C18H28N2O3S/c1-5-24(22,23)20-10-6-7-16(12-20)18(21)19-15(4)17-9-8-13(2)11-14(17)3/h8-9,11,15-16H,5-7,10,12H2,1-4H3,(H,19,21). The number of sulfonamides is 1. The number of piperidine rings is 1. The Hall–Kier alpha value is -1.40. The molecule has 1 heterocycles. The third-order valence-corrected chi connectivity index (χ3v) is 6.61. The van der Waals surface area contributed by atoms with E-state index in [2.05, 4.69) is 11.4 Å². The van der Waals surface area contributed by atoms with E-state index >= 15 is 0 Å². The molecule has 0 spiro atoms. The molecule has 1 aliphatic heterocycles. The molecule has 0 radical (unpaired) electrons. The van der Waals surface area contributed by atoms with Crippen LogP contribution in [0.4, 0.5) is 0 Å². The molecule has 1 fully saturated rings.